The Bertz CT molecular complexity index is 2380. The van der Waals surface area contributed by atoms with Crippen LogP contribution in [0, 0.1) is 0 Å². The van der Waals surface area contributed by atoms with Gasteiger partial charge in [0.2, 0.25) is 25.2 Å². The maximum atomic E-state index is 13.0. The first-order chi connectivity index (χ1) is 40.4. The van der Waals surface area contributed by atoms with E-state index in [1.54, 1.807) is 0 Å². The average molecular weight is 1320 g/mol. The molecular weight excluding hydrogens is 1250 g/mol. The number of hydrogen-bond acceptors (Lipinski definition) is 37. The summed E-state index contributed by atoms with van der Waals surface area (Å²) in [5.41, 5.74) is 0. The topological polar surface area (TPSA) is 613 Å². The third kappa shape index (κ3) is 22.1. The maximum Gasteiger partial charge on any atom is 0.527 e. The third-order valence-corrected chi connectivity index (χ3v) is 14.9. The molecule has 0 fully saturated rings. The van der Waals surface area contributed by atoms with Gasteiger partial charge in [0.25, 0.3) is 0 Å². The third-order valence-electron chi connectivity index (χ3n) is 12.2. The molecule has 0 aromatic carbocycles. The zero-order chi connectivity index (χ0) is 64.4. The lowest BCUT2D eigenvalue weighted by Crippen LogP contribution is -2.44. The minimum absolute atomic E-state index is 0.169. The van der Waals surface area contributed by atoms with Crippen molar-refractivity contribution in [3.63, 3.8) is 0 Å². The lowest BCUT2D eigenvalue weighted by Gasteiger charge is -2.26. The Labute approximate surface area is 487 Å². The number of phosphoric acid groups is 3. The second kappa shape index (κ2) is 34.9. The van der Waals surface area contributed by atoms with E-state index in [0.29, 0.717) is 0 Å². The van der Waals surface area contributed by atoms with Crippen LogP contribution in [-0.4, -0.2) is 313 Å². The zero-order valence-electron chi connectivity index (χ0n) is 45.7. The molecule has 4 aliphatic rings. The highest BCUT2D eigenvalue weighted by Gasteiger charge is 2.47. The van der Waals surface area contributed by atoms with Crippen LogP contribution in [-0.2, 0) is 92.9 Å². The number of ether oxygens (including phenoxy) is 11. The molecule has 86 heavy (non-hydrogen) atoms. The standard InChI is InChI=1S/C43H75O40P3/c1-67-10-19(49)34(57)22(52)13-72-42-40(68-2)38(30(8-46)79-42)83-86(65,66)76-17-26(56)37(60)23(53)14-73-43-41(69-3)39(31(9-47)80-43)82-85(63,64)75-16-25(55)36(59)21(51)12-71-33-5-27(29(7-45)78-33)81-84(61,62)74-15-24(54)35(58)20(50)11-70-32-4-18(48)28(6-44)77-32/h19-26,32-37,40-60H,4-17H2,1-3H3,(H,61,62)(H,63,64)(H,65,66)/t19?,20?,21?,22?,23?,24?,25?,26?,32-,33-,34?,35?,36?,37?,40?,41?,42-,43-/m1/s1. The van der Waals surface area contributed by atoms with Gasteiger partial charge in [-0.25, -0.2) is 13.7 Å². The van der Waals surface area contributed by atoms with E-state index in [-0.39, 0.29) is 24.5 Å². The maximum absolute atomic E-state index is 13.0. The van der Waals surface area contributed by atoms with Crippen molar-refractivity contribution in [3.05, 3.63) is 46.1 Å². The fourth-order valence-electron chi connectivity index (χ4n) is 7.56. The Kier molecular flexibility index (Phi) is 30.6. The van der Waals surface area contributed by atoms with Crippen molar-refractivity contribution in [1.29, 1.82) is 0 Å². The molecule has 4 heterocycles. The second-order valence-electron chi connectivity index (χ2n) is 18.6. The van der Waals surface area contributed by atoms with Crippen LogP contribution < -0.4 is 0 Å². The van der Waals surface area contributed by atoms with Crippen LogP contribution in [0.25, 0.3) is 0 Å². The first-order valence-electron chi connectivity index (χ1n) is 25.3. The molecule has 40 nitrogen and oxygen atoms in total. The van der Waals surface area contributed by atoms with Crippen LogP contribution in [0.3, 0.4) is 0 Å². The molecule has 0 saturated heterocycles. The smallest absolute Gasteiger partial charge is 0.508 e. The summed E-state index contributed by atoms with van der Waals surface area (Å²) in [7, 11) is -12.7. The van der Waals surface area contributed by atoms with E-state index in [2.05, 4.69) is 0 Å². The molecule has 4 rings (SSSR count). The van der Waals surface area contributed by atoms with Gasteiger partial charge in [0, 0.05) is 21.3 Å². The van der Waals surface area contributed by atoms with Gasteiger partial charge in [-0.2, -0.15) is 0 Å². The Morgan fingerprint density at radius 1 is 0.419 bits per heavy atom. The van der Waals surface area contributed by atoms with Gasteiger partial charge in [0.1, 0.15) is 105 Å². The summed E-state index contributed by atoms with van der Waals surface area (Å²) < 4.78 is 125. The van der Waals surface area contributed by atoms with E-state index in [4.69, 9.17) is 84.4 Å². The predicted molar refractivity (Wildman–Crippen MR) is 268 cm³/mol. The number of aliphatic hydroxyl groups excluding tert-OH is 17. The van der Waals surface area contributed by atoms with Gasteiger partial charge in [-0.3, -0.25) is 28.3 Å². The van der Waals surface area contributed by atoms with Gasteiger partial charge in [-0.05, 0) is 0 Å². The van der Waals surface area contributed by atoms with E-state index in [0.717, 1.165) is 14.2 Å². The molecule has 0 aromatic rings. The van der Waals surface area contributed by atoms with Crippen molar-refractivity contribution in [1.82, 2.24) is 0 Å². The highest BCUT2D eigenvalue weighted by atomic mass is 31.2. The largest absolute Gasteiger partial charge is 0.527 e. The predicted octanol–water partition coefficient (Wildman–Crippen LogP) is -7.96. The van der Waals surface area contributed by atoms with E-state index in [1.165, 1.54) is 7.11 Å². The minimum atomic E-state index is -5.42. The summed E-state index contributed by atoms with van der Waals surface area (Å²) in [6.07, 6.45) is -33.8. The molecule has 0 amide bonds. The quantitative estimate of drug-likeness (QED) is 0.0252. The summed E-state index contributed by atoms with van der Waals surface area (Å²) in [5.74, 6) is -4.04. The molecule has 20 N–H and O–H groups in total. The highest BCUT2D eigenvalue weighted by molar-refractivity contribution is 7.48. The van der Waals surface area contributed by atoms with E-state index in [1.807, 2.05) is 0 Å². The van der Waals surface area contributed by atoms with Gasteiger partial charge in [0.05, 0.1) is 65.7 Å². The van der Waals surface area contributed by atoms with Gasteiger partial charge in [0.15, 0.2) is 52.5 Å². The Morgan fingerprint density at radius 3 is 1.07 bits per heavy atom. The van der Waals surface area contributed by atoms with Crippen LogP contribution in [0.1, 0.15) is 12.8 Å². The fraction of sp³-hybridized carbons (Fsp3) is 0.814. The van der Waals surface area contributed by atoms with Crippen molar-refractivity contribution in [2.24, 2.45) is 0 Å². The summed E-state index contributed by atoms with van der Waals surface area (Å²) in [6, 6.07) is 0. The van der Waals surface area contributed by atoms with E-state index < -0.39 is 248 Å². The van der Waals surface area contributed by atoms with E-state index >= 15 is 0 Å². The molecular formula is C43H75O40P3. The lowest BCUT2D eigenvalue weighted by atomic mass is 10.1. The molecule has 17 unspecified atom stereocenters. The molecule has 4 aliphatic heterocycles. The van der Waals surface area contributed by atoms with Crippen LogP contribution in [0.4, 0.5) is 0 Å². The number of phosphoric ester groups is 3. The summed E-state index contributed by atoms with van der Waals surface area (Å²) in [5, 5.41) is 172. The molecule has 21 atom stereocenters. The molecule has 502 valence electrons. The number of aliphatic hydroxyl groups is 17. The van der Waals surface area contributed by atoms with Crippen LogP contribution >= 0.6 is 23.5 Å². The first kappa shape index (κ1) is 75.3. The van der Waals surface area contributed by atoms with Gasteiger partial charge < -0.3 is 152 Å². The first-order valence-corrected chi connectivity index (χ1v) is 29.8. The average Bonchev–Trinajstić information content (AvgIpc) is 2.05. The van der Waals surface area contributed by atoms with Crippen molar-refractivity contribution in [3.8, 4) is 0 Å². The molecule has 0 aromatic heterocycles. The Hall–Kier alpha value is -3.11. The number of hydrogen-bond donors (Lipinski definition) is 20. The highest BCUT2D eigenvalue weighted by Crippen LogP contribution is 2.51. The molecule has 43 heteroatoms. The van der Waals surface area contributed by atoms with Crippen molar-refractivity contribution >= 4 is 23.5 Å². The zero-order valence-corrected chi connectivity index (χ0v) is 48.4. The summed E-state index contributed by atoms with van der Waals surface area (Å²) in [4.78, 5) is 31.2. The summed E-state index contributed by atoms with van der Waals surface area (Å²) >= 11 is 0. The minimum Gasteiger partial charge on any atom is -0.508 e. The lowest BCUT2D eigenvalue weighted by molar-refractivity contribution is -0.186. The SMILES string of the molecule is COCC(O)C(O)C(O)CO[C@@H]1OC(CO)=C(OP(=O)(O)OCC(O)C(O)C(O)CO[C@@H]2OC(CO)=C(OP(=O)(O)OCC(O)C(O)C(O)CO[C@H]3CC(OP(=O)(O)OCC(O)C(O)C(O)CO[C@H]4CC(O)=C(CO)O4)=C(CO)O3)C2OC)C1OC. The number of methoxy groups -OCH3 is 3. The van der Waals surface area contributed by atoms with Crippen LogP contribution in [0.2, 0.25) is 0 Å². The molecule has 0 aliphatic carbocycles. The Balaban J connectivity index is 1.19. The van der Waals surface area contributed by atoms with Gasteiger partial charge in [-0.15, -0.1) is 0 Å². The van der Waals surface area contributed by atoms with Crippen molar-refractivity contribution in [2.45, 2.75) is 123 Å². The van der Waals surface area contributed by atoms with E-state index in [9.17, 15) is 110 Å². The normalized spacial score (nSPS) is 27.3. The van der Waals surface area contributed by atoms with Crippen LogP contribution in [0.5, 0.6) is 0 Å². The van der Waals surface area contributed by atoms with Crippen molar-refractivity contribution in [2.75, 3.05) is 101 Å². The summed E-state index contributed by atoms with van der Waals surface area (Å²) in [6.45, 7) is -10.9. The molecule has 0 saturated carbocycles. The Morgan fingerprint density at radius 2 is 0.733 bits per heavy atom. The van der Waals surface area contributed by atoms with Crippen molar-refractivity contribution < 1.29 is 194 Å². The second-order valence-corrected chi connectivity index (χ2v) is 22.7. The van der Waals surface area contributed by atoms with Gasteiger partial charge in [-0.1, -0.05) is 0 Å². The molecule has 0 radical (unpaired) electrons. The number of rotatable bonds is 43. The molecule has 0 bridgehead atoms. The molecule has 0 spiro atoms. The van der Waals surface area contributed by atoms with Crippen LogP contribution in [0.15, 0.2) is 46.1 Å². The fourth-order valence-corrected chi connectivity index (χ4v) is 10.1. The van der Waals surface area contributed by atoms with Gasteiger partial charge >= 0.3 is 23.5 Å². The monoisotopic (exact) mass is 1320 g/mol.